The molecule has 0 bridgehead atoms. The standard InChI is InChI=1S/C12H22N4O/c1-4-7-16(8-5-2)11-10(13)12(17-6-3)15-9-14-11/h9H,4-8,13H2,1-3H3. The smallest absolute Gasteiger partial charge is 0.242 e. The van der Waals surface area contributed by atoms with Gasteiger partial charge in [-0.15, -0.1) is 0 Å². The molecule has 1 aromatic heterocycles. The number of anilines is 2. The lowest BCUT2D eigenvalue weighted by atomic mass is 10.3. The third kappa shape index (κ3) is 3.47. The minimum absolute atomic E-state index is 0.481. The first-order chi connectivity index (χ1) is 8.24. The van der Waals surface area contributed by atoms with Crippen LogP contribution in [0.1, 0.15) is 33.6 Å². The summed E-state index contributed by atoms with van der Waals surface area (Å²) in [5.74, 6) is 1.27. The highest BCUT2D eigenvalue weighted by atomic mass is 16.5. The van der Waals surface area contributed by atoms with E-state index < -0.39 is 0 Å². The topological polar surface area (TPSA) is 64.3 Å². The number of hydrogen-bond acceptors (Lipinski definition) is 5. The van der Waals surface area contributed by atoms with Crippen LogP contribution in [0.25, 0.3) is 0 Å². The minimum atomic E-state index is 0.481. The third-order valence-electron chi connectivity index (χ3n) is 2.39. The fourth-order valence-electron chi connectivity index (χ4n) is 1.74. The molecule has 0 spiro atoms. The molecule has 0 atom stereocenters. The summed E-state index contributed by atoms with van der Waals surface area (Å²) < 4.78 is 5.38. The second kappa shape index (κ2) is 6.93. The second-order valence-electron chi connectivity index (χ2n) is 3.84. The molecular formula is C12H22N4O. The number of nitrogen functional groups attached to an aromatic ring is 1. The first-order valence-corrected chi connectivity index (χ1v) is 6.22. The molecule has 17 heavy (non-hydrogen) atoms. The molecule has 96 valence electrons. The average molecular weight is 238 g/mol. The number of nitrogens with two attached hydrogens (primary N) is 1. The van der Waals surface area contributed by atoms with Crippen molar-refractivity contribution in [2.24, 2.45) is 0 Å². The molecule has 5 nitrogen and oxygen atoms in total. The number of rotatable bonds is 7. The van der Waals surface area contributed by atoms with Gasteiger partial charge in [-0.3, -0.25) is 0 Å². The van der Waals surface area contributed by atoms with Crippen LogP contribution >= 0.6 is 0 Å². The largest absolute Gasteiger partial charge is 0.476 e. The Balaban J connectivity index is 2.97. The minimum Gasteiger partial charge on any atom is -0.476 e. The second-order valence-corrected chi connectivity index (χ2v) is 3.84. The highest BCUT2D eigenvalue weighted by Crippen LogP contribution is 2.27. The molecule has 0 aliphatic carbocycles. The average Bonchev–Trinajstić information content (AvgIpc) is 2.32. The van der Waals surface area contributed by atoms with Gasteiger partial charge in [-0.2, -0.15) is 4.98 Å². The number of ether oxygens (including phenoxy) is 1. The van der Waals surface area contributed by atoms with Crippen LogP contribution in [-0.2, 0) is 0 Å². The molecule has 0 amide bonds. The van der Waals surface area contributed by atoms with Gasteiger partial charge in [-0.1, -0.05) is 13.8 Å². The highest BCUT2D eigenvalue weighted by Gasteiger charge is 2.14. The molecule has 0 unspecified atom stereocenters. The normalized spacial score (nSPS) is 10.3. The quantitative estimate of drug-likeness (QED) is 0.788. The maximum Gasteiger partial charge on any atom is 0.242 e. The molecule has 0 fully saturated rings. The van der Waals surface area contributed by atoms with Gasteiger partial charge in [-0.25, -0.2) is 4.98 Å². The number of hydrogen-bond donors (Lipinski definition) is 1. The van der Waals surface area contributed by atoms with Gasteiger partial charge in [0.2, 0.25) is 5.88 Å². The van der Waals surface area contributed by atoms with Gasteiger partial charge >= 0.3 is 0 Å². The Labute approximate surface area is 103 Å². The number of aromatic nitrogens is 2. The van der Waals surface area contributed by atoms with Gasteiger partial charge in [0.05, 0.1) is 6.61 Å². The summed E-state index contributed by atoms with van der Waals surface area (Å²) in [6.45, 7) is 8.65. The molecule has 0 aliphatic heterocycles. The molecule has 0 aromatic carbocycles. The van der Waals surface area contributed by atoms with Crippen molar-refractivity contribution in [3.05, 3.63) is 6.33 Å². The molecular weight excluding hydrogens is 216 g/mol. The van der Waals surface area contributed by atoms with Gasteiger partial charge in [0.15, 0.2) is 5.82 Å². The van der Waals surface area contributed by atoms with E-state index in [4.69, 9.17) is 10.5 Å². The van der Waals surface area contributed by atoms with E-state index in [0.29, 0.717) is 18.2 Å². The van der Waals surface area contributed by atoms with Crippen LogP contribution in [0.2, 0.25) is 0 Å². The molecule has 0 aliphatic rings. The van der Waals surface area contributed by atoms with Gasteiger partial charge in [0, 0.05) is 13.1 Å². The maximum atomic E-state index is 6.04. The van der Waals surface area contributed by atoms with Crippen molar-refractivity contribution in [1.82, 2.24) is 9.97 Å². The summed E-state index contributed by atoms with van der Waals surface area (Å²) in [4.78, 5) is 10.5. The summed E-state index contributed by atoms with van der Waals surface area (Å²) in [5.41, 5.74) is 6.58. The van der Waals surface area contributed by atoms with Crippen molar-refractivity contribution in [2.45, 2.75) is 33.6 Å². The lowest BCUT2D eigenvalue weighted by Gasteiger charge is -2.24. The van der Waals surface area contributed by atoms with Gasteiger partial charge in [-0.05, 0) is 19.8 Å². The van der Waals surface area contributed by atoms with Crippen molar-refractivity contribution in [2.75, 3.05) is 30.3 Å². The molecule has 1 rings (SSSR count). The Hall–Kier alpha value is -1.52. The maximum absolute atomic E-state index is 6.04. The molecule has 2 N–H and O–H groups in total. The Kier molecular flexibility index (Phi) is 5.52. The van der Waals surface area contributed by atoms with E-state index in [1.165, 1.54) is 6.33 Å². The van der Waals surface area contributed by atoms with Crippen molar-refractivity contribution in [3.63, 3.8) is 0 Å². The summed E-state index contributed by atoms with van der Waals surface area (Å²) >= 11 is 0. The van der Waals surface area contributed by atoms with E-state index in [2.05, 4.69) is 28.7 Å². The van der Waals surface area contributed by atoms with Crippen LogP contribution in [0.15, 0.2) is 6.33 Å². The van der Waals surface area contributed by atoms with Crippen LogP contribution in [-0.4, -0.2) is 29.7 Å². The molecule has 5 heteroatoms. The fraction of sp³-hybridized carbons (Fsp3) is 0.667. The van der Waals surface area contributed by atoms with Crippen molar-refractivity contribution in [3.8, 4) is 5.88 Å². The van der Waals surface area contributed by atoms with Crippen molar-refractivity contribution >= 4 is 11.5 Å². The first-order valence-electron chi connectivity index (χ1n) is 6.22. The molecule has 1 heterocycles. The van der Waals surface area contributed by atoms with Crippen LogP contribution in [0.3, 0.4) is 0 Å². The fourth-order valence-corrected chi connectivity index (χ4v) is 1.74. The molecule has 0 radical (unpaired) electrons. The molecule has 0 saturated carbocycles. The SMILES string of the molecule is CCCN(CCC)c1ncnc(OCC)c1N. The first kappa shape index (κ1) is 13.5. The molecule has 1 aromatic rings. The predicted octanol–water partition coefficient (Wildman–Crippen LogP) is 2.08. The Morgan fingerprint density at radius 2 is 1.82 bits per heavy atom. The molecule has 0 saturated heterocycles. The monoisotopic (exact) mass is 238 g/mol. The van der Waals surface area contributed by atoms with E-state index in [1.54, 1.807) is 0 Å². The van der Waals surface area contributed by atoms with Gasteiger partial charge in [0.25, 0.3) is 0 Å². The van der Waals surface area contributed by atoms with Crippen LogP contribution in [0.5, 0.6) is 5.88 Å². The zero-order valence-corrected chi connectivity index (χ0v) is 10.9. The number of nitrogens with zero attached hydrogens (tertiary/aromatic N) is 3. The van der Waals surface area contributed by atoms with Gasteiger partial charge in [0.1, 0.15) is 12.0 Å². The highest BCUT2D eigenvalue weighted by molar-refractivity contribution is 5.67. The lowest BCUT2D eigenvalue weighted by molar-refractivity contribution is 0.328. The third-order valence-corrected chi connectivity index (χ3v) is 2.39. The Bertz CT molecular complexity index is 337. The van der Waals surface area contributed by atoms with Gasteiger partial charge < -0.3 is 15.4 Å². The van der Waals surface area contributed by atoms with E-state index in [9.17, 15) is 0 Å². The van der Waals surface area contributed by atoms with E-state index in [0.717, 1.165) is 31.7 Å². The van der Waals surface area contributed by atoms with E-state index >= 15 is 0 Å². The van der Waals surface area contributed by atoms with Crippen LogP contribution < -0.4 is 15.4 Å². The van der Waals surface area contributed by atoms with Crippen LogP contribution in [0.4, 0.5) is 11.5 Å². The van der Waals surface area contributed by atoms with E-state index in [1.807, 2.05) is 6.92 Å². The Morgan fingerprint density at radius 3 is 2.35 bits per heavy atom. The summed E-state index contributed by atoms with van der Waals surface area (Å²) in [6.07, 6.45) is 3.63. The summed E-state index contributed by atoms with van der Waals surface area (Å²) in [6, 6.07) is 0. The lowest BCUT2D eigenvalue weighted by Crippen LogP contribution is -2.27. The van der Waals surface area contributed by atoms with Crippen molar-refractivity contribution in [1.29, 1.82) is 0 Å². The summed E-state index contributed by atoms with van der Waals surface area (Å²) in [7, 11) is 0. The van der Waals surface area contributed by atoms with Crippen LogP contribution in [0, 0.1) is 0 Å². The van der Waals surface area contributed by atoms with Crippen molar-refractivity contribution < 1.29 is 4.74 Å². The predicted molar refractivity (Wildman–Crippen MR) is 70.4 cm³/mol. The zero-order valence-electron chi connectivity index (χ0n) is 10.9. The van der Waals surface area contributed by atoms with E-state index in [-0.39, 0.29) is 0 Å². The summed E-state index contributed by atoms with van der Waals surface area (Å²) in [5, 5.41) is 0. The Morgan fingerprint density at radius 1 is 1.18 bits per heavy atom. The zero-order chi connectivity index (χ0) is 12.7.